The number of nitrogens with zero attached hydrogens (tertiary/aromatic N) is 1. The van der Waals surface area contributed by atoms with Gasteiger partial charge in [0.25, 0.3) is 10.0 Å². The largest absolute Gasteiger partial charge is 0.252 e. The lowest BCUT2D eigenvalue weighted by Crippen LogP contribution is -2.35. The fourth-order valence-corrected chi connectivity index (χ4v) is 6.52. The lowest BCUT2D eigenvalue weighted by atomic mass is 10.3. The molecule has 6 heteroatoms. The molecule has 0 unspecified atom stereocenters. The third-order valence-electron chi connectivity index (χ3n) is 3.62. The highest BCUT2D eigenvalue weighted by Crippen LogP contribution is 2.35. The molecule has 1 heterocycles. The van der Waals surface area contributed by atoms with E-state index < -0.39 is 10.0 Å². The molecule has 0 saturated heterocycles. The van der Waals surface area contributed by atoms with Crippen molar-refractivity contribution in [1.29, 1.82) is 0 Å². The Morgan fingerprint density at radius 3 is 2.74 bits per heavy atom. The van der Waals surface area contributed by atoms with Gasteiger partial charge in [0, 0.05) is 23.2 Å². The minimum Gasteiger partial charge on any atom is -0.206 e. The number of thiophene rings is 1. The van der Waals surface area contributed by atoms with E-state index in [1.807, 2.05) is 24.8 Å². The Labute approximate surface area is 124 Å². The summed E-state index contributed by atoms with van der Waals surface area (Å²) in [6.45, 7) is 4.10. The second-order valence-corrected chi connectivity index (χ2v) is 10.0. The van der Waals surface area contributed by atoms with E-state index in [4.69, 9.17) is 0 Å². The zero-order chi connectivity index (χ0) is 14.0. The van der Waals surface area contributed by atoms with Gasteiger partial charge in [-0.2, -0.15) is 16.1 Å². The standard InChI is InChI=1S/C13H21NO2S3/c1-4-17-12-7-6-11(9-12)14(3)19(15,16)13-8-5-10(2)18-13/h5,8,11-12H,4,6-7,9H2,1-3H3/t11-,12-/m1/s1. The van der Waals surface area contributed by atoms with Gasteiger partial charge < -0.3 is 0 Å². The Balaban J connectivity index is 2.09. The Kier molecular flexibility index (Phi) is 4.98. The molecule has 3 nitrogen and oxygen atoms in total. The minimum atomic E-state index is -3.30. The zero-order valence-corrected chi connectivity index (χ0v) is 14.1. The van der Waals surface area contributed by atoms with Crippen molar-refractivity contribution < 1.29 is 8.42 Å². The first kappa shape index (κ1) is 15.4. The molecule has 2 rings (SSSR count). The molecular formula is C13H21NO2S3. The molecule has 0 radical (unpaired) electrons. The molecule has 1 fully saturated rings. The highest BCUT2D eigenvalue weighted by Gasteiger charge is 2.34. The highest BCUT2D eigenvalue weighted by molar-refractivity contribution is 7.99. The number of aryl methyl sites for hydroxylation is 1. The lowest BCUT2D eigenvalue weighted by molar-refractivity contribution is 0.374. The van der Waals surface area contributed by atoms with Crippen LogP contribution in [0.3, 0.4) is 0 Å². The van der Waals surface area contributed by atoms with Gasteiger partial charge in [-0.1, -0.05) is 6.92 Å². The Hall–Kier alpha value is -0.0400. The molecule has 1 saturated carbocycles. The van der Waals surface area contributed by atoms with Crippen LogP contribution in [0.15, 0.2) is 16.3 Å². The maximum absolute atomic E-state index is 12.5. The van der Waals surface area contributed by atoms with Gasteiger partial charge in [0.2, 0.25) is 0 Å². The van der Waals surface area contributed by atoms with Gasteiger partial charge in [-0.25, -0.2) is 8.42 Å². The maximum atomic E-state index is 12.5. The minimum absolute atomic E-state index is 0.163. The maximum Gasteiger partial charge on any atom is 0.252 e. The van der Waals surface area contributed by atoms with Gasteiger partial charge in [0.15, 0.2) is 0 Å². The van der Waals surface area contributed by atoms with E-state index in [9.17, 15) is 8.42 Å². The molecule has 1 aliphatic carbocycles. The first-order valence-corrected chi connectivity index (χ1v) is 9.91. The molecule has 0 aromatic carbocycles. The number of hydrogen-bond acceptors (Lipinski definition) is 4. The molecule has 0 spiro atoms. The molecule has 1 aromatic rings. The van der Waals surface area contributed by atoms with Crippen LogP contribution < -0.4 is 0 Å². The average Bonchev–Trinajstić information content (AvgIpc) is 2.98. The summed E-state index contributed by atoms with van der Waals surface area (Å²) in [5.41, 5.74) is 0. The zero-order valence-electron chi connectivity index (χ0n) is 11.6. The molecule has 0 aliphatic heterocycles. The van der Waals surface area contributed by atoms with E-state index >= 15 is 0 Å². The summed E-state index contributed by atoms with van der Waals surface area (Å²) in [6.07, 6.45) is 3.10. The topological polar surface area (TPSA) is 37.4 Å². The van der Waals surface area contributed by atoms with Crippen LogP contribution in [0.5, 0.6) is 0 Å². The second-order valence-electron chi connectivity index (χ2n) is 4.93. The van der Waals surface area contributed by atoms with Gasteiger partial charge >= 0.3 is 0 Å². The highest BCUT2D eigenvalue weighted by atomic mass is 32.2. The number of thioether (sulfide) groups is 1. The second kappa shape index (κ2) is 6.16. The first-order chi connectivity index (χ1) is 8.95. The molecule has 108 valence electrons. The van der Waals surface area contributed by atoms with Gasteiger partial charge in [0.05, 0.1) is 0 Å². The van der Waals surface area contributed by atoms with Crippen LogP contribution in [0.2, 0.25) is 0 Å². The molecule has 0 amide bonds. The Morgan fingerprint density at radius 2 is 2.16 bits per heavy atom. The number of rotatable bonds is 5. The number of sulfonamides is 1. The van der Waals surface area contributed by atoms with Gasteiger partial charge in [-0.15, -0.1) is 11.3 Å². The van der Waals surface area contributed by atoms with Gasteiger partial charge in [0.1, 0.15) is 4.21 Å². The van der Waals surface area contributed by atoms with Crippen LogP contribution in [-0.4, -0.2) is 36.8 Å². The first-order valence-electron chi connectivity index (χ1n) is 6.61. The monoisotopic (exact) mass is 319 g/mol. The van der Waals surface area contributed by atoms with Crippen LogP contribution in [0.4, 0.5) is 0 Å². The molecule has 1 aromatic heterocycles. The number of hydrogen-bond donors (Lipinski definition) is 0. The SMILES string of the molecule is CCS[C@@H]1CC[C@@H](N(C)S(=O)(=O)c2ccc(C)s2)C1. The van der Waals surface area contributed by atoms with Crippen LogP contribution in [0.25, 0.3) is 0 Å². The third kappa shape index (κ3) is 3.35. The molecule has 1 aliphatic rings. The lowest BCUT2D eigenvalue weighted by Gasteiger charge is -2.23. The van der Waals surface area contributed by atoms with Crippen molar-refractivity contribution in [3.05, 3.63) is 17.0 Å². The summed E-state index contributed by atoms with van der Waals surface area (Å²) in [5, 5.41) is 0.623. The summed E-state index contributed by atoms with van der Waals surface area (Å²) in [6, 6.07) is 3.76. The summed E-state index contributed by atoms with van der Waals surface area (Å²) in [7, 11) is -1.57. The van der Waals surface area contributed by atoms with Gasteiger partial charge in [-0.3, -0.25) is 0 Å². The Morgan fingerprint density at radius 1 is 1.42 bits per heavy atom. The van der Waals surface area contributed by atoms with Crippen molar-refractivity contribution in [2.24, 2.45) is 0 Å². The molecular weight excluding hydrogens is 298 g/mol. The molecule has 2 atom stereocenters. The van der Waals surface area contributed by atoms with Crippen molar-refractivity contribution in [2.75, 3.05) is 12.8 Å². The predicted molar refractivity (Wildman–Crippen MR) is 83.6 cm³/mol. The normalized spacial score (nSPS) is 24.2. The van der Waals surface area contributed by atoms with Crippen molar-refractivity contribution in [3.8, 4) is 0 Å². The van der Waals surface area contributed by atoms with Crippen LogP contribution >= 0.6 is 23.1 Å². The summed E-state index contributed by atoms with van der Waals surface area (Å²) >= 11 is 3.31. The fraction of sp³-hybridized carbons (Fsp3) is 0.692. The van der Waals surface area contributed by atoms with Crippen molar-refractivity contribution in [1.82, 2.24) is 4.31 Å². The van der Waals surface area contributed by atoms with E-state index in [0.29, 0.717) is 9.46 Å². The van der Waals surface area contributed by atoms with E-state index in [0.717, 1.165) is 29.9 Å². The third-order valence-corrected chi connectivity index (χ3v) is 8.23. The summed E-state index contributed by atoms with van der Waals surface area (Å²) in [5.74, 6) is 1.11. The summed E-state index contributed by atoms with van der Waals surface area (Å²) in [4.78, 5) is 1.04. The van der Waals surface area contributed by atoms with E-state index in [1.165, 1.54) is 11.3 Å². The van der Waals surface area contributed by atoms with E-state index in [1.54, 1.807) is 17.4 Å². The molecule has 0 N–H and O–H groups in total. The smallest absolute Gasteiger partial charge is 0.206 e. The van der Waals surface area contributed by atoms with E-state index in [-0.39, 0.29) is 6.04 Å². The van der Waals surface area contributed by atoms with Crippen LogP contribution in [0, 0.1) is 6.92 Å². The summed E-state index contributed by atoms with van der Waals surface area (Å²) < 4.78 is 27.1. The van der Waals surface area contributed by atoms with Crippen molar-refractivity contribution in [2.45, 2.75) is 48.6 Å². The van der Waals surface area contributed by atoms with Crippen molar-refractivity contribution >= 4 is 33.1 Å². The molecule has 19 heavy (non-hydrogen) atoms. The fourth-order valence-electron chi connectivity index (χ4n) is 2.52. The van der Waals surface area contributed by atoms with Crippen LogP contribution in [0.1, 0.15) is 31.1 Å². The quantitative estimate of drug-likeness (QED) is 0.835. The average molecular weight is 320 g/mol. The van der Waals surface area contributed by atoms with Gasteiger partial charge in [-0.05, 0) is 44.1 Å². The van der Waals surface area contributed by atoms with E-state index in [2.05, 4.69) is 6.92 Å². The predicted octanol–water partition coefficient (Wildman–Crippen LogP) is 3.35. The molecule has 0 bridgehead atoms. The Bertz CT molecular complexity index is 524. The van der Waals surface area contributed by atoms with Crippen molar-refractivity contribution in [3.63, 3.8) is 0 Å². The van der Waals surface area contributed by atoms with Crippen LogP contribution in [-0.2, 0) is 10.0 Å².